The molecule has 8 nitrogen and oxygen atoms in total. The third-order valence-electron chi connectivity index (χ3n) is 4.01. The number of ether oxygens (including phenoxy) is 3. The SMILES string of the molecule is CC(C)(C)OC(=O)CNC(CCCCNC(=O)OCc1ccccc1)C(=O)OC(C)(C)C. The van der Waals surface area contributed by atoms with Crippen LogP contribution in [0.3, 0.4) is 0 Å². The molecule has 0 aliphatic carbocycles. The molecule has 0 heterocycles. The Morgan fingerprint density at radius 1 is 0.906 bits per heavy atom. The van der Waals surface area contributed by atoms with Crippen LogP contribution >= 0.6 is 0 Å². The number of benzene rings is 1. The van der Waals surface area contributed by atoms with Crippen molar-refractivity contribution in [1.82, 2.24) is 10.6 Å². The number of carbonyl (C=O) groups is 3. The molecular weight excluding hydrogens is 412 g/mol. The molecule has 1 aromatic carbocycles. The maximum Gasteiger partial charge on any atom is 0.407 e. The lowest BCUT2D eigenvalue weighted by molar-refractivity contribution is -0.158. The molecule has 1 rings (SSSR count). The zero-order chi connectivity index (χ0) is 24.2. The van der Waals surface area contributed by atoms with Gasteiger partial charge >= 0.3 is 18.0 Å². The summed E-state index contributed by atoms with van der Waals surface area (Å²) in [5.74, 6) is -0.856. The molecule has 1 unspecified atom stereocenters. The van der Waals surface area contributed by atoms with E-state index in [1.165, 1.54) is 0 Å². The van der Waals surface area contributed by atoms with Gasteiger partial charge in [-0.3, -0.25) is 14.9 Å². The Kier molecular flexibility index (Phi) is 11.2. The molecule has 0 aliphatic heterocycles. The fourth-order valence-corrected chi connectivity index (χ4v) is 2.70. The van der Waals surface area contributed by atoms with E-state index in [1.54, 1.807) is 41.5 Å². The van der Waals surface area contributed by atoms with Gasteiger partial charge in [-0.05, 0) is 66.4 Å². The number of unbranched alkanes of at least 4 members (excludes halogenated alkanes) is 1. The van der Waals surface area contributed by atoms with Crippen molar-refractivity contribution < 1.29 is 28.6 Å². The first-order valence-electron chi connectivity index (χ1n) is 11.0. The van der Waals surface area contributed by atoms with Crippen LogP contribution in [0.4, 0.5) is 4.79 Å². The van der Waals surface area contributed by atoms with Crippen molar-refractivity contribution in [3.05, 3.63) is 35.9 Å². The highest BCUT2D eigenvalue weighted by Crippen LogP contribution is 2.12. The van der Waals surface area contributed by atoms with Crippen LogP contribution in [0.15, 0.2) is 30.3 Å². The fraction of sp³-hybridized carbons (Fsp3) is 0.625. The maximum absolute atomic E-state index is 12.5. The first kappa shape index (κ1) is 27.4. The lowest BCUT2D eigenvalue weighted by Crippen LogP contribution is -2.44. The number of nitrogens with one attached hydrogen (secondary N) is 2. The molecule has 2 N–H and O–H groups in total. The van der Waals surface area contributed by atoms with Crippen LogP contribution in [0, 0.1) is 0 Å². The molecular formula is C24H38N2O6. The van der Waals surface area contributed by atoms with Crippen molar-refractivity contribution in [2.24, 2.45) is 0 Å². The quantitative estimate of drug-likeness (QED) is 0.301. The number of hydrogen-bond acceptors (Lipinski definition) is 7. The Morgan fingerprint density at radius 3 is 2.12 bits per heavy atom. The molecule has 0 bridgehead atoms. The predicted molar refractivity (Wildman–Crippen MR) is 122 cm³/mol. The van der Waals surface area contributed by atoms with Gasteiger partial charge in [-0.2, -0.15) is 0 Å². The average Bonchev–Trinajstić information content (AvgIpc) is 2.66. The van der Waals surface area contributed by atoms with E-state index in [4.69, 9.17) is 14.2 Å². The molecule has 180 valence electrons. The Balaban J connectivity index is 2.40. The Bertz CT molecular complexity index is 722. The minimum absolute atomic E-state index is 0.0920. The first-order chi connectivity index (χ1) is 14.9. The molecule has 0 spiro atoms. The van der Waals surface area contributed by atoms with Gasteiger partial charge in [0.05, 0.1) is 6.54 Å². The van der Waals surface area contributed by atoms with E-state index in [9.17, 15) is 14.4 Å². The van der Waals surface area contributed by atoms with E-state index < -0.39 is 35.3 Å². The second-order valence-electron chi connectivity index (χ2n) is 9.54. The second-order valence-corrected chi connectivity index (χ2v) is 9.54. The van der Waals surface area contributed by atoms with E-state index in [0.717, 1.165) is 5.56 Å². The van der Waals surface area contributed by atoms with Crippen LogP contribution in [0.25, 0.3) is 0 Å². The molecule has 0 radical (unpaired) electrons. The summed E-state index contributed by atoms with van der Waals surface area (Å²) in [6.45, 7) is 11.3. The Labute approximate surface area is 191 Å². The van der Waals surface area contributed by atoms with Crippen molar-refractivity contribution >= 4 is 18.0 Å². The monoisotopic (exact) mass is 450 g/mol. The normalized spacial score (nSPS) is 12.6. The van der Waals surface area contributed by atoms with Gasteiger partial charge in [-0.25, -0.2) is 4.79 Å². The lowest BCUT2D eigenvalue weighted by Gasteiger charge is -2.25. The molecule has 32 heavy (non-hydrogen) atoms. The van der Waals surface area contributed by atoms with Crippen LogP contribution in [-0.2, 0) is 30.4 Å². The number of amides is 1. The highest BCUT2D eigenvalue weighted by atomic mass is 16.6. The zero-order valence-corrected chi connectivity index (χ0v) is 20.2. The van der Waals surface area contributed by atoms with Crippen LogP contribution in [0.1, 0.15) is 66.4 Å². The van der Waals surface area contributed by atoms with Gasteiger partial charge in [-0.15, -0.1) is 0 Å². The van der Waals surface area contributed by atoms with Crippen LogP contribution in [0.2, 0.25) is 0 Å². The molecule has 8 heteroatoms. The number of rotatable bonds is 11. The van der Waals surface area contributed by atoms with Gasteiger partial charge in [0, 0.05) is 6.54 Å². The summed E-state index contributed by atoms with van der Waals surface area (Å²) in [7, 11) is 0. The largest absolute Gasteiger partial charge is 0.459 e. The Hall–Kier alpha value is -2.61. The molecule has 0 aliphatic rings. The maximum atomic E-state index is 12.5. The summed E-state index contributed by atoms with van der Waals surface area (Å²) in [5, 5.41) is 5.64. The van der Waals surface area contributed by atoms with Crippen molar-refractivity contribution in [3.63, 3.8) is 0 Å². The van der Waals surface area contributed by atoms with Crippen LogP contribution in [-0.4, -0.2) is 48.4 Å². The van der Waals surface area contributed by atoms with Gasteiger partial charge in [-0.1, -0.05) is 30.3 Å². The first-order valence-corrected chi connectivity index (χ1v) is 11.0. The van der Waals surface area contributed by atoms with Crippen LogP contribution in [0.5, 0.6) is 0 Å². The topological polar surface area (TPSA) is 103 Å². The smallest absolute Gasteiger partial charge is 0.407 e. The van der Waals surface area contributed by atoms with Crippen LogP contribution < -0.4 is 10.6 Å². The van der Waals surface area contributed by atoms with E-state index in [2.05, 4.69) is 10.6 Å². The summed E-state index contributed by atoms with van der Waals surface area (Å²) >= 11 is 0. The molecule has 0 saturated heterocycles. The lowest BCUT2D eigenvalue weighted by atomic mass is 10.1. The van der Waals surface area contributed by atoms with Crippen molar-refractivity contribution in [3.8, 4) is 0 Å². The average molecular weight is 451 g/mol. The summed E-state index contributed by atoms with van der Waals surface area (Å²) in [6.07, 6.45) is 1.26. The highest BCUT2D eigenvalue weighted by molar-refractivity contribution is 5.78. The summed E-state index contributed by atoms with van der Waals surface area (Å²) < 4.78 is 15.9. The number of esters is 2. The molecule has 1 amide bonds. The van der Waals surface area contributed by atoms with E-state index in [1.807, 2.05) is 30.3 Å². The van der Waals surface area contributed by atoms with E-state index in [-0.39, 0.29) is 13.2 Å². The minimum atomic E-state index is -0.647. The van der Waals surface area contributed by atoms with Gasteiger partial charge in [0.15, 0.2) is 0 Å². The molecule has 1 atom stereocenters. The predicted octanol–water partition coefficient (Wildman–Crippen LogP) is 3.72. The molecule has 0 saturated carbocycles. The number of alkyl carbamates (subject to hydrolysis) is 1. The summed E-state index contributed by atoms with van der Waals surface area (Å²) in [5.41, 5.74) is -0.313. The third-order valence-corrected chi connectivity index (χ3v) is 4.01. The van der Waals surface area contributed by atoms with Crippen molar-refractivity contribution in [1.29, 1.82) is 0 Å². The highest BCUT2D eigenvalue weighted by Gasteiger charge is 2.26. The van der Waals surface area contributed by atoms with Crippen molar-refractivity contribution in [2.75, 3.05) is 13.1 Å². The molecule has 0 fully saturated rings. The number of hydrogen-bond donors (Lipinski definition) is 2. The van der Waals surface area contributed by atoms with Gasteiger partial charge < -0.3 is 19.5 Å². The zero-order valence-electron chi connectivity index (χ0n) is 20.2. The molecule has 1 aromatic rings. The fourth-order valence-electron chi connectivity index (χ4n) is 2.70. The molecule has 0 aromatic heterocycles. The third kappa shape index (κ3) is 13.6. The summed E-state index contributed by atoms with van der Waals surface area (Å²) in [4.78, 5) is 36.3. The van der Waals surface area contributed by atoms with Crippen molar-refractivity contribution in [2.45, 2.75) is 84.7 Å². The number of carbonyl (C=O) groups excluding carboxylic acids is 3. The van der Waals surface area contributed by atoms with Gasteiger partial charge in [0.25, 0.3) is 0 Å². The van der Waals surface area contributed by atoms with E-state index in [0.29, 0.717) is 25.8 Å². The Morgan fingerprint density at radius 2 is 1.53 bits per heavy atom. The standard InChI is InChI=1S/C24H38N2O6/c1-23(2,3)31-20(27)16-26-19(21(28)32-24(4,5)6)14-10-11-15-25-22(29)30-17-18-12-8-7-9-13-18/h7-9,12-13,19,26H,10-11,14-17H2,1-6H3,(H,25,29). The second kappa shape index (κ2) is 13.1. The summed E-state index contributed by atoms with van der Waals surface area (Å²) in [6, 6.07) is 8.79. The van der Waals surface area contributed by atoms with Gasteiger partial charge in [0.2, 0.25) is 0 Å². The van der Waals surface area contributed by atoms with E-state index >= 15 is 0 Å². The van der Waals surface area contributed by atoms with Gasteiger partial charge in [0.1, 0.15) is 23.9 Å². The minimum Gasteiger partial charge on any atom is -0.459 e.